The van der Waals surface area contributed by atoms with E-state index in [9.17, 15) is 4.79 Å². The molecule has 0 bridgehead atoms. The van der Waals surface area contributed by atoms with Crippen LogP contribution in [0.5, 0.6) is 11.5 Å². The van der Waals surface area contributed by atoms with Gasteiger partial charge in [-0.3, -0.25) is 5.10 Å². The summed E-state index contributed by atoms with van der Waals surface area (Å²) in [5, 5.41) is 15.7. The Labute approximate surface area is 109 Å². The molecule has 2 aromatic rings. The van der Waals surface area contributed by atoms with Crippen molar-refractivity contribution in [1.29, 1.82) is 0 Å². The Hall–Kier alpha value is -2.50. The zero-order valence-corrected chi connectivity index (χ0v) is 10.5. The maximum Gasteiger partial charge on any atom is 0.354 e. The van der Waals surface area contributed by atoms with Crippen molar-refractivity contribution >= 4 is 5.97 Å². The van der Waals surface area contributed by atoms with Crippen molar-refractivity contribution in [3.8, 4) is 22.8 Å². The molecule has 0 fully saturated rings. The first-order chi connectivity index (χ1) is 9.15. The van der Waals surface area contributed by atoms with Crippen LogP contribution in [0.2, 0.25) is 0 Å². The fourth-order valence-electron chi connectivity index (χ4n) is 2.42. The molecule has 1 aliphatic carbocycles. The number of carbonyl (C=O) groups is 1. The molecule has 0 unspecified atom stereocenters. The first-order valence-corrected chi connectivity index (χ1v) is 5.71. The van der Waals surface area contributed by atoms with Gasteiger partial charge in [-0.1, -0.05) is 0 Å². The summed E-state index contributed by atoms with van der Waals surface area (Å²) in [6.45, 7) is 0. The number of aromatic nitrogens is 2. The Morgan fingerprint density at radius 1 is 1.32 bits per heavy atom. The maximum atomic E-state index is 11.1. The number of benzene rings is 1. The number of methoxy groups -OCH3 is 2. The molecule has 0 saturated heterocycles. The SMILES string of the molecule is COc1cc2c(cc1OC)-c1n[nH]c(C(=O)O)c1C2. The maximum absolute atomic E-state index is 11.1. The monoisotopic (exact) mass is 260 g/mol. The lowest BCUT2D eigenvalue weighted by Gasteiger charge is -2.09. The second-order valence-corrected chi connectivity index (χ2v) is 4.27. The third kappa shape index (κ3) is 1.56. The lowest BCUT2D eigenvalue weighted by Crippen LogP contribution is -2.00. The summed E-state index contributed by atoms with van der Waals surface area (Å²) >= 11 is 0. The minimum absolute atomic E-state index is 0.143. The van der Waals surface area contributed by atoms with Crippen LogP contribution < -0.4 is 9.47 Å². The first-order valence-electron chi connectivity index (χ1n) is 5.71. The Bertz CT molecular complexity index is 676. The zero-order chi connectivity index (χ0) is 13.6. The smallest absolute Gasteiger partial charge is 0.354 e. The molecule has 0 amide bonds. The van der Waals surface area contributed by atoms with Crippen molar-refractivity contribution in [1.82, 2.24) is 10.2 Å². The number of ether oxygens (including phenoxy) is 2. The van der Waals surface area contributed by atoms with Crippen molar-refractivity contribution in [2.75, 3.05) is 14.2 Å². The Kier molecular flexibility index (Phi) is 2.45. The third-order valence-electron chi connectivity index (χ3n) is 3.31. The van der Waals surface area contributed by atoms with Crippen LogP contribution in [0, 0.1) is 0 Å². The number of hydrogen-bond acceptors (Lipinski definition) is 4. The molecule has 1 aliphatic rings. The molecule has 1 aromatic carbocycles. The van der Waals surface area contributed by atoms with Gasteiger partial charge in [0.1, 0.15) is 5.69 Å². The highest BCUT2D eigenvalue weighted by atomic mass is 16.5. The van der Waals surface area contributed by atoms with Gasteiger partial charge in [-0.25, -0.2) is 4.79 Å². The molecule has 6 heteroatoms. The predicted molar refractivity (Wildman–Crippen MR) is 66.9 cm³/mol. The van der Waals surface area contributed by atoms with Gasteiger partial charge in [0.25, 0.3) is 0 Å². The van der Waals surface area contributed by atoms with Gasteiger partial charge in [0.2, 0.25) is 0 Å². The second-order valence-electron chi connectivity index (χ2n) is 4.27. The van der Waals surface area contributed by atoms with Crippen LogP contribution in [0.3, 0.4) is 0 Å². The standard InChI is InChI=1S/C13H12N2O4/c1-18-9-4-6-3-8-11(7(6)5-10(9)19-2)14-15-12(8)13(16)17/h4-5H,3H2,1-2H3,(H,14,15)(H,16,17). The highest BCUT2D eigenvalue weighted by Crippen LogP contribution is 2.42. The summed E-state index contributed by atoms with van der Waals surface area (Å²) in [6.07, 6.45) is 0.531. The lowest BCUT2D eigenvalue weighted by molar-refractivity contribution is 0.0689. The molecule has 19 heavy (non-hydrogen) atoms. The second kappa shape index (κ2) is 4.01. The Morgan fingerprint density at radius 2 is 2.00 bits per heavy atom. The number of H-pyrrole nitrogens is 1. The van der Waals surface area contributed by atoms with Gasteiger partial charge in [-0.05, 0) is 17.7 Å². The molecule has 2 N–H and O–H groups in total. The molecule has 1 aromatic heterocycles. The summed E-state index contributed by atoms with van der Waals surface area (Å²) in [4.78, 5) is 11.1. The van der Waals surface area contributed by atoms with E-state index in [0.29, 0.717) is 29.2 Å². The molecule has 3 rings (SSSR count). The molecular formula is C13H12N2O4. The molecule has 98 valence electrons. The van der Waals surface area contributed by atoms with E-state index in [-0.39, 0.29) is 5.69 Å². The van der Waals surface area contributed by atoms with Crippen molar-refractivity contribution in [3.63, 3.8) is 0 Å². The number of nitrogens with one attached hydrogen (secondary N) is 1. The van der Waals surface area contributed by atoms with Gasteiger partial charge in [0.15, 0.2) is 11.5 Å². The number of fused-ring (bicyclic) bond motifs is 3. The summed E-state index contributed by atoms with van der Waals surface area (Å²) in [5.74, 6) is 0.238. The summed E-state index contributed by atoms with van der Waals surface area (Å²) < 4.78 is 10.5. The van der Waals surface area contributed by atoms with Crippen molar-refractivity contribution in [2.45, 2.75) is 6.42 Å². The van der Waals surface area contributed by atoms with Crippen LogP contribution in [0.15, 0.2) is 12.1 Å². The highest BCUT2D eigenvalue weighted by molar-refractivity contribution is 5.92. The van der Waals surface area contributed by atoms with Gasteiger partial charge in [0.05, 0.1) is 19.9 Å². The fourth-order valence-corrected chi connectivity index (χ4v) is 2.42. The molecule has 0 atom stereocenters. The van der Waals surface area contributed by atoms with Gasteiger partial charge < -0.3 is 14.6 Å². The Morgan fingerprint density at radius 3 is 2.63 bits per heavy atom. The number of rotatable bonds is 3. The summed E-state index contributed by atoms with van der Waals surface area (Å²) in [5.41, 5.74) is 3.40. The van der Waals surface area contributed by atoms with Crippen LogP contribution >= 0.6 is 0 Å². The van der Waals surface area contributed by atoms with E-state index in [4.69, 9.17) is 14.6 Å². The van der Waals surface area contributed by atoms with E-state index in [2.05, 4.69) is 10.2 Å². The van der Waals surface area contributed by atoms with E-state index in [1.807, 2.05) is 12.1 Å². The van der Waals surface area contributed by atoms with Crippen LogP contribution in [-0.2, 0) is 6.42 Å². The number of carboxylic acids is 1. The largest absolute Gasteiger partial charge is 0.493 e. The number of carboxylic acid groups (broad SMARTS) is 1. The fraction of sp³-hybridized carbons (Fsp3) is 0.231. The molecule has 0 saturated carbocycles. The molecular weight excluding hydrogens is 248 g/mol. The summed E-state index contributed by atoms with van der Waals surface area (Å²) in [6, 6.07) is 3.69. The van der Waals surface area contributed by atoms with Crippen LogP contribution in [0.1, 0.15) is 21.6 Å². The number of hydrogen-bond donors (Lipinski definition) is 2. The predicted octanol–water partition coefficient (Wildman–Crippen LogP) is 1.70. The lowest BCUT2D eigenvalue weighted by atomic mass is 10.1. The number of nitrogens with zero attached hydrogens (tertiary/aromatic N) is 1. The van der Waals surface area contributed by atoms with Crippen molar-refractivity contribution < 1.29 is 19.4 Å². The average Bonchev–Trinajstić information content (AvgIpc) is 2.94. The molecule has 1 heterocycles. The Balaban J connectivity index is 2.17. The van der Waals surface area contributed by atoms with Crippen molar-refractivity contribution in [2.24, 2.45) is 0 Å². The number of aromatic amines is 1. The quantitative estimate of drug-likeness (QED) is 0.748. The van der Waals surface area contributed by atoms with Crippen molar-refractivity contribution in [3.05, 3.63) is 29.0 Å². The van der Waals surface area contributed by atoms with E-state index < -0.39 is 5.97 Å². The average molecular weight is 260 g/mol. The first kappa shape index (κ1) is 11.6. The van der Waals surface area contributed by atoms with Crippen LogP contribution in [0.4, 0.5) is 0 Å². The zero-order valence-electron chi connectivity index (χ0n) is 10.5. The topological polar surface area (TPSA) is 84.4 Å². The molecule has 6 nitrogen and oxygen atoms in total. The minimum Gasteiger partial charge on any atom is -0.493 e. The minimum atomic E-state index is -1.000. The molecule has 0 spiro atoms. The van der Waals surface area contributed by atoms with Gasteiger partial charge in [0, 0.05) is 17.5 Å². The van der Waals surface area contributed by atoms with Crippen LogP contribution in [-0.4, -0.2) is 35.5 Å². The van der Waals surface area contributed by atoms with E-state index in [1.54, 1.807) is 14.2 Å². The number of aromatic carboxylic acids is 1. The van der Waals surface area contributed by atoms with Gasteiger partial charge in [-0.15, -0.1) is 0 Å². The van der Waals surface area contributed by atoms with Gasteiger partial charge >= 0.3 is 5.97 Å². The highest BCUT2D eigenvalue weighted by Gasteiger charge is 2.29. The summed E-state index contributed by atoms with van der Waals surface area (Å²) in [7, 11) is 3.13. The van der Waals surface area contributed by atoms with Gasteiger partial charge in [-0.2, -0.15) is 5.10 Å². The van der Waals surface area contributed by atoms with E-state index >= 15 is 0 Å². The van der Waals surface area contributed by atoms with E-state index in [0.717, 1.165) is 11.1 Å². The molecule has 0 radical (unpaired) electrons. The normalized spacial score (nSPS) is 11.9. The van der Waals surface area contributed by atoms with Crippen LogP contribution in [0.25, 0.3) is 11.3 Å². The third-order valence-corrected chi connectivity index (χ3v) is 3.31. The van der Waals surface area contributed by atoms with E-state index in [1.165, 1.54) is 0 Å². The molecule has 0 aliphatic heterocycles.